The van der Waals surface area contributed by atoms with Gasteiger partial charge in [0.05, 0.1) is 13.2 Å². The molecule has 1 amide bonds. The number of amides is 1. The van der Waals surface area contributed by atoms with Crippen LogP contribution in [-0.4, -0.2) is 45.7 Å². The van der Waals surface area contributed by atoms with Crippen molar-refractivity contribution in [2.75, 3.05) is 19.7 Å². The molecule has 1 aliphatic heterocycles. The quantitative estimate of drug-likeness (QED) is 0.781. The summed E-state index contributed by atoms with van der Waals surface area (Å²) < 4.78 is 11.1. The monoisotopic (exact) mass is 326 g/mol. The smallest absolute Gasteiger partial charge is 0.270 e. The molecule has 1 aliphatic rings. The Labute approximate surface area is 138 Å². The SMILES string of the molecule is Cc1ccc2cc(C(=O)N3CCOC(c4nnc(C)o4)C3)[nH]c2c1. The first-order valence-electron chi connectivity index (χ1n) is 7.90. The summed E-state index contributed by atoms with van der Waals surface area (Å²) in [5, 5.41) is 8.84. The third kappa shape index (κ3) is 2.67. The fourth-order valence-electron chi connectivity index (χ4n) is 2.95. The number of aryl methyl sites for hydroxylation is 2. The van der Waals surface area contributed by atoms with Gasteiger partial charge < -0.3 is 19.0 Å². The molecule has 0 saturated carbocycles. The Bertz CT molecular complexity index is 898. The van der Waals surface area contributed by atoms with E-state index in [0.29, 0.717) is 37.2 Å². The van der Waals surface area contributed by atoms with Crippen LogP contribution in [0.2, 0.25) is 0 Å². The van der Waals surface area contributed by atoms with Crippen LogP contribution in [0.15, 0.2) is 28.7 Å². The summed E-state index contributed by atoms with van der Waals surface area (Å²) in [4.78, 5) is 17.8. The number of nitrogens with zero attached hydrogens (tertiary/aromatic N) is 3. The van der Waals surface area contributed by atoms with Gasteiger partial charge in [0.2, 0.25) is 11.8 Å². The second kappa shape index (κ2) is 5.76. The summed E-state index contributed by atoms with van der Waals surface area (Å²) in [5.74, 6) is 0.855. The Hall–Kier alpha value is -2.67. The molecule has 0 spiro atoms. The maximum Gasteiger partial charge on any atom is 0.270 e. The van der Waals surface area contributed by atoms with Crippen LogP contribution in [0.3, 0.4) is 0 Å². The lowest BCUT2D eigenvalue weighted by Gasteiger charge is -2.30. The van der Waals surface area contributed by atoms with E-state index in [1.807, 2.05) is 31.2 Å². The van der Waals surface area contributed by atoms with Crippen molar-refractivity contribution in [1.82, 2.24) is 20.1 Å². The van der Waals surface area contributed by atoms with Gasteiger partial charge in [-0.1, -0.05) is 12.1 Å². The largest absolute Gasteiger partial charge is 0.423 e. The van der Waals surface area contributed by atoms with Crippen LogP contribution in [0, 0.1) is 13.8 Å². The number of carbonyl (C=O) groups excluding carboxylic acids is 1. The molecule has 7 heteroatoms. The zero-order valence-corrected chi connectivity index (χ0v) is 13.6. The number of aromatic amines is 1. The van der Waals surface area contributed by atoms with Crippen LogP contribution in [-0.2, 0) is 4.74 Å². The van der Waals surface area contributed by atoms with Gasteiger partial charge in [-0.05, 0) is 24.6 Å². The number of ether oxygens (including phenoxy) is 1. The van der Waals surface area contributed by atoms with Crippen molar-refractivity contribution in [3.05, 3.63) is 47.3 Å². The molecule has 2 aromatic heterocycles. The highest BCUT2D eigenvalue weighted by Gasteiger charge is 2.30. The van der Waals surface area contributed by atoms with E-state index < -0.39 is 0 Å². The zero-order valence-electron chi connectivity index (χ0n) is 13.6. The molecule has 3 aromatic rings. The van der Waals surface area contributed by atoms with Gasteiger partial charge in [-0.3, -0.25) is 4.79 Å². The summed E-state index contributed by atoms with van der Waals surface area (Å²) in [7, 11) is 0. The minimum atomic E-state index is -0.379. The highest BCUT2D eigenvalue weighted by atomic mass is 16.5. The van der Waals surface area contributed by atoms with E-state index in [9.17, 15) is 4.79 Å². The molecule has 1 aromatic carbocycles. The maximum atomic E-state index is 12.8. The van der Waals surface area contributed by atoms with E-state index in [2.05, 4.69) is 15.2 Å². The standard InChI is InChI=1S/C17H18N4O3/c1-10-3-4-12-8-14(18-13(12)7-10)17(22)21-5-6-23-15(9-21)16-20-19-11(2)24-16/h3-4,7-8,15,18H,5-6,9H2,1-2H3. The van der Waals surface area contributed by atoms with Crippen LogP contribution < -0.4 is 0 Å². The van der Waals surface area contributed by atoms with Crippen molar-refractivity contribution in [3.8, 4) is 0 Å². The summed E-state index contributed by atoms with van der Waals surface area (Å²) in [5.41, 5.74) is 2.70. The van der Waals surface area contributed by atoms with E-state index in [-0.39, 0.29) is 12.0 Å². The predicted molar refractivity (Wildman–Crippen MR) is 86.7 cm³/mol. The molecule has 3 heterocycles. The number of H-pyrrole nitrogens is 1. The van der Waals surface area contributed by atoms with E-state index in [4.69, 9.17) is 9.15 Å². The number of hydrogen-bond donors (Lipinski definition) is 1. The van der Waals surface area contributed by atoms with Crippen molar-refractivity contribution in [1.29, 1.82) is 0 Å². The van der Waals surface area contributed by atoms with E-state index in [1.54, 1.807) is 11.8 Å². The fraction of sp³-hybridized carbons (Fsp3) is 0.353. The van der Waals surface area contributed by atoms with E-state index in [0.717, 1.165) is 16.5 Å². The minimum absolute atomic E-state index is 0.0478. The average molecular weight is 326 g/mol. The molecule has 0 aliphatic carbocycles. The Morgan fingerprint density at radius 3 is 2.96 bits per heavy atom. The Kier molecular flexibility index (Phi) is 3.57. The summed E-state index contributed by atoms with van der Waals surface area (Å²) in [6.45, 7) is 5.14. The van der Waals surface area contributed by atoms with Gasteiger partial charge in [0.1, 0.15) is 5.69 Å². The van der Waals surface area contributed by atoms with Gasteiger partial charge in [0.15, 0.2) is 6.10 Å². The van der Waals surface area contributed by atoms with Gasteiger partial charge in [-0.25, -0.2) is 0 Å². The number of benzene rings is 1. The van der Waals surface area contributed by atoms with E-state index in [1.165, 1.54) is 0 Å². The van der Waals surface area contributed by atoms with Gasteiger partial charge in [0, 0.05) is 24.4 Å². The number of hydrogen-bond acceptors (Lipinski definition) is 5. The molecular weight excluding hydrogens is 308 g/mol. The minimum Gasteiger partial charge on any atom is -0.423 e. The van der Waals surface area contributed by atoms with Crippen LogP contribution >= 0.6 is 0 Å². The molecule has 0 radical (unpaired) electrons. The molecule has 1 fully saturated rings. The molecule has 1 saturated heterocycles. The topological polar surface area (TPSA) is 84.2 Å². The van der Waals surface area contributed by atoms with Gasteiger partial charge in [-0.15, -0.1) is 10.2 Å². The predicted octanol–water partition coefficient (Wildman–Crippen LogP) is 2.38. The number of carbonyl (C=O) groups is 1. The van der Waals surface area contributed by atoms with Crippen LogP contribution in [0.1, 0.15) is 33.9 Å². The average Bonchev–Trinajstić information content (AvgIpc) is 3.20. The van der Waals surface area contributed by atoms with Crippen LogP contribution in [0.25, 0.3) is 10.9 Å². The number of rotatable bonds is 2. The van der Waals surface area contributed by atoms with Gasteiger partial charge in [-0.2, -0.15) is 0 Å². The lowest BCUT2D eigenvalue weighted by atomic mass is 10.2. The summed E-state index contributed by atoms with van der Waals surface area (Å²) >= 11 is 0. The van der Waals surface area contributed by atoms with Crippen molar-refractivity contribution in [2.24, 2.45) is 0 Å². The van der Waals surface area contributed by atoms with Crippen molar-refractivity contribution in [2.45, 2.75) is 20.0 Å². The van der Waals surface area contributed by atoms with Crippen molar-refractivity contribution in [3.63, 3.8) is 0 Å². The molecule has 1 unspecified atom stereocenters. The second-order valence-electron chi connectivity index (χ2n) is 6.04. The van der Waals surface area contributed by atoms with Gasteiger partial charge >= 0.3 is 0 Å². The first-order valence-corrected chi connectivity index (χ1v) is 7.90. The van der Waals surface area contributed by atoms with Gasteiger partial charge in [0.25, 0.3) is 5.91 Å². The number of fused-ring (bicyclic) bond motifs is 1. The van der Waals surface area contributed by atoms with Crippen LogP contribution in [0.4, 0.5) is 0 Å². The first-order chi connectivity index (χ1) is 11.6. The van der Waals surface area contributed by atoms with E-state index >= 15 is 0 Å². The normalized spacial score (nSPS) is 18.2. The Morgan fingerprint density at radius 2 is 2.17 bits per heavy atom. The molecule has 124 valence electrons. The molecule has 24 heavy (non-hydrogen) atoms. The third-order valence-electron chi connectivity index (χ3n) is 4.18. The summed E-state index contributed by atoms with van der Waals surface area (Å²) in [6.07, 6.45) is -0.379. The number of morpholine rings is 1. The van der Waals surface area contributed by atoms with Crippen molar-refractivity contribution < 1.29 is 13.9 Å². The molecule has 4 rings (SSSR count). The molecule has 0 bridgehead atoms. The first kappa shape index (κ1) is 14.9. The second-order valence-corrected chi connectivity index (χ2v) is 6.04. The number of nitrogens with one attached hydrogen (secondary N) is 1. The number of aromatic nitrogens is 3. The summed E-state index contributed by atoms with van der Waals surface area (Å²) in [6, 6.07) is 7.97. The molecular formula is C17H18N4O3. The van der Waals surface area contributed by atoms with Crippen LogP contribution in [0.5, 0.6) is 0 Å². The highest BCUT2D eigenvalue weighted by molar-refractivity contribution is 5.98. The maximum absolute atomic E-state index is 12.8. The highest BCUT2D eigenvalue weighted by Crippen LogP contribution is 2.23. The zero-order chi connectivity index (χ0) is 16.7. The fourth-order valence-corrected chi connectivity index (χ4v) is 2.95. The molecule has 7 nitrogen and oxygen atoms in total. The molecule has 1 N–H and O–H groups in total. The van der Waals surface area contributed by atoms with Crippen molar-refractivity contribution >= 4 is 16.8 Å². The lowest BCUT2D eigenvalue weighted by Crippen LogP contribution is -2.42. The Morgan fingerprint density at radius 1 is 1.29 bits per heavy atom. The third-order valence-corrected chi connectivity index (χ3v) is 4.18. The lowest BCUT2D eigenvalue weighted by molar-refractivity contribution is -0.0350. The Balaban J connectivity index is 1.56. The molecule has 1 atom stereocenters.